The smallest absolute Gasteiger partial charge is 0.323 e. The maximum Gasteiger partial charge on any atom is 0.323 e. The molecule has 1 aromatic carbocycles. The molecule has 0 aliphatic heterocycles. The van der Waals surface area contributed by atoms with Gasteiger partial charge in [-0.3, -0.25) is 9.59 Å². The van der Waals surface area contributed by atoms with Crippen molar-refractivity contribution in [2.75, 3.05) is 11.4 Å². The Morgan fingerprint density at radius 2 is 1.75 bits per heavy atom. The standard InChI is InChI=1S/C16H23NO3/c1-3-4-5-6-7-15(18)17(12-16(19)20)14-10-8-13(2)9-11-14/h8-11H,3-7,12H2,1-2H3,(H,19,20). The number of amides is 1. The van der Waals surface area contributed by atoms with Gasteiger partial charge in [-0.2, -0.15) is 0 Å². The predicted molar refractivity (Wildman–Crippen MR) is 79.9 cm³/mol. The molecule has 0 saturated carbocycles. The maximum absolute atomic E-state index is 12.2. The van der Waals surface area contributed by atoms with Crippen molar-refractivity contribution in [1.29, 1.82) is 0 Å². The minimum Gasteiger partial charge on any atom is -0.480 e. The monoisotopic (exact) mass is 277 g/mol. The zero-order valence-corrected chi connectivity index (χ0v) is 12.3. The molecule has 110 valence electrons. The van der Waals surface area contributed by atoms with Gasteiger partial charge in [0.05, 0.1) is 0 Å². The van der Waals surface area contributed by atoms with Gasteiger partial charge < -0.3 is 10.0 Å². The van der Waals surface area contributed by atoms with Gasteiger partial charge in [0.2, 0.25) is 5.91 Å². The van der Waals surface area contributed by atoms with E-state index in [0.717, 1.165) is 31.2 Å². The molecule has 0 aromatic heterocycles. The molecule has 1 aromatic rings. The number of carboxylic acids is 1. The fourth-order valence-corrected chi connectivity index (χ4v) is 2.02. The number of aryl methyl sites for hydroxylation is 1. The van der Waals surface area contributed by atoms with Gasteiger partial charge in [0, 0.05) is 12.1 Å². The molecule has 0 atom stereocenters. The summed E-state index contributed by atoms with van der Waals surface area (Å²) in [5, 5.41) is 8.96. The average Bonchev–Trinajstić information content (AvgIpc) is 2.42. The van der Waals surface area contributed by atoms with Crippen LogP contribution in [0.15, 0.2) is 24.3 Å². The van der Waals surface area contributed by atoms with E-state index in [0.29, 0.717) is 12.1 Å². The molecule has 0 radical (unpaired) electrons. The van der Waals surface area contributed by atoms with Gasteiger partial charge in [0.1, 0.15) is 6.54 Å². The van der Waals surface area contributed by atoms with Gasteiger partial charge >= 0.3 is 5.97 Å². The van der Waals surface area contributed by atoms with E-state index in [4.69, 9.17) is 5.11 Å². The molecule has 0 aliphatic rings. The largest absolute Gasteiger partial charge is 0.480 e. The van der Waals surface area contributed by atoms with Crippen LogP contribution >= 0.6 is 0 Å². The Morgan fingerprint density at radius 3 is 2.30 bits per heavy atom. The molecular weight excluding hydrogens is 254 g/mol. The lowest BCUT2D eigenvalue weighted by molar-refractivity contribution is -0.136. The average molecular weight is 277 g/mol. The van der Waals surface area contributed by atoms with Gasteiger partial charge in [0.15, 0.2) is 0 Å². The van der Waals surface area contributed by atoms with Crippen LogP contribution in [-0.2, 0) is 9.59 Å². The number of nitrogens with zero attached hydrogens (tertiary/aromatic N) is 1. The molecule has 1 N–H and O–H groups in total. The van der Waals surface area contributed by atoms with Gasteiger partial charge in [-0.25, -0.2) is 0 Å². The number of carbonyl (C=O) groups is 2. The van der Waals surface area contributed by atoms with E-state index in [1.54, 1.807) is 12.1 Å². The highest BCUT2D eigenvalue weighted by Gasteiger charge is 2.18. The van der Waals surface area contributed by atoms with E-state index >= 15 is 0 Å². The summed E-state index contributed by atoms with van der Waals surface area (Å²) < 4.78 is 0. The van der Waals surface area contributed by atoms with E-state index in [2.05, 4.69) is 6.92 Å². The summed E-state index contributed by atoms with van der Waals surface area (Å²) in [6, 6.07) is 7.35. The number of benzene rings is 1. The van der Waals surface area contributed by atoms with Gasteiger partial charge in [-0.15, -0.1) is 0 Å². The SMILES string of the molecule is CCCCCCC(=O)N(CC(=O)O)c1ccc(C)cc1. The fourth-order valence-electron chi connectivity index (χ4n) is 2.02. The number of hydrogen-bond donors (Lipinski definition) is 1. The summed E-state index contributed by atoms with van der Waals surface area (Å²) in [6.07, 6.45) is 4.45. The summed E-state index contributed by atoms with van der Waals surface area (Å²) in [6.45, 7) is 3.79. The molecule has 4 nitrogen and oxygen atoms in total. The van der Waals surface area contributed by atoms with Crippen LogP contribution in [0.4, 0.5) is 5.69 Å². The molecule has 0 aliphatic carbocycles. The minimum atomic E-state index is -0.993. The van der Waals surface area contributed by atoms with Crippen LogP contribution in [0.3, 0.4) is 0 Å². The molecule has 4 heteroatoms. The highest BCUT2D eigenvalue weighted by molar-refractivity contribution is 5.97. The zero-order chi connectivity index (χ0) is 15.0. The Bertz CT molecular complexity index is 440. The Labute approximate surface area is 120 Å². The third kappa shape index (κ3) is 5.43. The molecule has 0 bridgehead atoms. The van der Waals surface area contributed by atoms with Crippen molar-refractivity contribution >= 4 is 17.6 Å². The lowest BCUT2D eigenvalue weighted by atomic mass is 10.1. The summed E-state index contributed by atoms with van der Waals surface area (Å²) >= 11 is 0. The second-order valence-electron chi connectivity index (χ2n) is 5.02. The number of rotatable bonds is 8. The Kier molecular flexibility index (Phi) is 6.77. The summed E-state index contributed by atoms with van der Waals surface area (Å²) in [4.78, 5) is 24.5. The van der Waals surface area contributed by atoms with Crippen molar-refractivity contribution in [3.05, 3.63) is 29.8 Å². The summed E-state index contributed by atoms with van der Waals surface area (Å²) in [5.74, 6) is -1.11. The first-order valence-electron chi connectivity index (χ1n) is 7.13. The topological polar surface area (TPSA) is 57.6 Å². The van der Waals surface area contributed by atoms with Crippen molar-refractivity contribution < 1.29 is 14.7 Å². The summed E-state index contributed by atoms with van der Waals surface area (Å²) in [7, 11) is 0. The van der Waals surface area contributed by atoms with Crippen LogP contribution in [-0.4, -0.2) is 23.5 Å². The van der Waals surface area contributed by atoms with Crippen molar-refractivity contribution in [3.63, 3.8) is 0 Å². The third-order valence-corrected chi connectivity index (χ3v) is 3.18. The number of unbranched alkanes of at least 4 members (excludes halogenated alkanes) is 3. The number of carboxylic acid groups (broad SMARTS) is 1. The lowest BCUT2D eigenvalue weighted by Gasteiger charge is -2.21. The molecular formula is C16H23NO3. The van der Waals surface area contributed by atoms with E-state index in [-0.39, 0.29) is 12.5 Å². The second kappa shape index (κ2) is 8.35. The first-order chi connectivity index (χ1) is 9.54. The highest BCUT2D eigenvalue weighted by Crippen LogP contribution is 2.17. The highest BCUT2D eigenvalue weighted by atomic mass is 16.4. The number of carbonyl (C=O) groups excluding carboxylic acids is 1. The van der Waals surface area contributed by atoms with E-state index in [9.17, 15) is 9.59 Å². The normalized spacial score (nSPS) is 10.3. The molecule has 0 saturated heterocycles. The predicted octanol–water partition coefficient (Wildman–Crippen LogP) is 3.38. The van der Waals surface area contributed by atoms with E-state index in [1.165, 1.54) is 4.90 Å². The Balaban J connectivity index is 2.70. The second-order valence-corrected chi connectivity index (χ2v) is 5.02. The quantitative estimate of drug-likeness (QED) is 0.741. The first kappa shape index (κ1) is 16.2. The fraction of sp³-hybridized carbons (Fsp3) is 0.500. The minimum absolute atomic E-state index is 0.118. The van der Waals surface area contributed by atoms with Crippen molar-refractivity contribution in [2.24, 2.45) is 0 Å². The van der Waals surface area contributed by atoms with Crippen LogP contribution in [0, 0.1) is 6.92 Å². The molecule has 1 amide bonds. The zero-order valence-electron chi connectivity index (χ0n) is 12.3. The van der Waals surface area contributed by atoms with Gasteiger partial charge in [-0.05, 0) is 25.5 Å². The third-order valence-electron chi connectivity index (χ3n) is 3.18. The van der Waals surface area contributed by atoms with E-state index in [1.807, 2.05) is 19.1 Å². The number of hydrogen-bond acceptors (Lipinski definition) is 2. The molecule has 1 rings (SSSR count). The molecule has 0 heterocycles. The Morgan fingerprint density at radius 1 is 1.10 bits per heavy atom. The molecule has 0 spiro atoms. The first-order valence-corrected chi connectivity index (χ1v) is 7.13. The number of aliphatic carboxylic acids is 1. The van der Waals surface area contributed by atoms with Crippen LogP contribution in [0.2, 0.25) is 0 Å². The van der Waals surface area contributed by atoms with Crippen molar-refractivity contribution in [2.45, 2.75) is 46.0 Å². The van der Waals surface area contributed by atoms with E-state index < -0.39 is 5.97 Å². The van der Waals surface area contributed by atoms with Crippen LogP contribution < -0.4 is 4.90 Å². The summed E-state index contributed by atoms with van der Waals surface area (Å²) in [5.41, 5.74) is 1.73. The van der Waals surface area contributed by atoms with Crippen molar-refractivity contribution in [1.82, 2.24) is 0 Å². The maximum atomic E-state index is 12.2. The molecule has 20 heavy (non-hydrogen) atoms. The molecule has 0 fully saturated rings. The Hall–Kier alpha value is -1.84. The van der Waals surface area contributed by atoms with Crippen LogP contribution in [0.25, 0.3) is 0 Å². The van der Waals surface area contributed by atoms with Crippen LogP contribution in [0.1, 0.15) is 44.6 Å². The van der Waals surface area contributed by atoms with Gasteiger partial charge in [-0.1, -0.05) is 43.9 Å². The number of anilines is 1. The van der Waals surface area contributed by atoms with Crippen molar-refractivity contribution in [3.8, 4) is 0 Å². The van der Waals surface area contributed by atoms with Gasteiger partial charge in [0.25, 0.3) is 0 Å². The molecule has 0 unspecified atom stereocenters. The lowest BCUT2D eigenvalue weighted by Crippen LogP contribution is -2.35. The van der Waals surface area contributed by atoms with Crippen LogP contribution in [0.5, 0.6) is 0 Å².